The fourth-order valence-electron chi connectivity index (χ4n) is 11.6. The standard InChI is InChI=1S/C76H144O6/c1-4-7-10-13-16-19-22-24-26-28-30-32-34-35-36-37-38-39-40-42-43-45-47-49-51-54-57-60-63-66-69-75(78)81-72-73(71-80-74(77)68-65-62-59-56-53-21-18-15-12-9-6-3)82-76(79)70-67-64-61-58-55-52-50-48-46-44-41-33-31-29-27-25-23-20-17-14-11-8-5-2/h23,25,29,31,73H,4-22,24,26-28,30,32-72H2,1-3H3/b25-23-,31-29-. The first-order valence-electron chi connectivity index (χ1n) is 37.3. The van der Waals surface area contributed by atoms with E-state index in [9.17, 15) is 14.4 Å². The minimum Gasteiger partial charge on any atom is -0.462 e. The Morgan fingerprint density at radius 2 is 0.439 bits per heavy atom. The van der Waals surface area contributed by atoms with Gasteiger partial charge in [0.25, 0.3) is 0 Å². The van der Waals surface area contributed by atoms with Crippen molar-refractivity contribution in [3.63, 3.8) is 0 Å². The van der Waals surface area contributed by atoms with Gasteiger partial charge in [0.2, 0.25) is 0 Å². The van der Waals surface area contributed by atoms with Crippen molar-refractivity contribution in [2.45, 2.75) is 431 Å². The SMILES string of the molecule is CCCCCCC/C=C\C/C=C\CCCCCCCCCCCCCC(=O)OC(COC(=O)CCCCCCCCCCCCC)COC(=O)CCCCCCCCCCCCCCCCCCCCCCCCCCCCCCCC. The van der Waals surface area contributed by atoms with Crippen LogP contribution < -0.4 is 0 Å². The number of ether oxygens (including phenoxy) is 3. The van der Waals surface area contributed by atoms with Crippen molar-refractivity contribution >= 4 is 17.9 Å². The minimum atomic E-state index is -0.769. The van der Waals surface area contributed by atoms with Crippen molar-refractivity contribution in [3.8, 4) is 0 Å². The van der Waals surface area contributed by atoms with Crippen LogP contribution in [0, 0.1) is 0 Å². The second kappa shape index (κ2) is 71.4. The van der Waals surface area contributed by atoms with E-state index in [1.807, 2.05) is 0 Å². The number of rotatable bonds is 70. The Kier molecular flexibility index (Phi) is 69.5. The molecule has 0 aromatic heterocycles. The number of carbonyl (C=O) groups excluding carboxylic acids is 3. The first kappa shape index (κ1) is 79.9. The number of esters is 3. The summed E-state index contributed by atoms with van der Waals surface area (Å²) < 4.78 is 17.0. The van der Waals surface area contributed by atoms with E-state index in [0.29, 0.717) is 19.3 Å². The summed E-state index contributed by atoms with van der Waals surface area (Å²) >= 11 is 0. The van der Waals surface area contributed by atoms with Crippen LogP contribution in [0.15, 0.2) is 24.3 Å². The summed E-state index contributed by atoms with van der Waals surface area (Å²) in [5.41, 5.74) is 0. The average molecular weight is 1150 g/mol. The Morgan fingerprint density at radius 3 is 0.671 bits per heavy atom. The molecule has 6 nitrogen and oxygen atoms in total. The van der Waals surface area contributed by atoms with Crippen molar-refractivity contribution in [1.29, 1.82) is 0 Å². The summed E-state index contributed by atoms with van der Waals surface area (Å²) in [6, 6.07) is 0. The molecule has 0 amide bonds. The molecular formula is C76H144O6. The Morgan fingerprint density at radius 1 is 0.244 bits per heavy atom. The predicted molar refractivity (Wildman–Crippen MR) is 358 cm³/mol. The van der Waals surface area contributed by atoms with E-state index in [2.05, 4.69) is 45.1 Å². The highest BCUT2D eigenvalue weighted by Crippen LogP contribution is 2.19. The highest BCUT2D eigenvalue weighted by Gasteiger charge is 2.20. The molecule has 484 valence electrons. The summed E-state index contributed by atoms with van der Waals surface area (Å²) in [6.45, 7) is 6.71. The van der Waals surface area contributed by atoms with Gasteiger partial charge in [0.05, 0.1) is 0 Å². The highest BCUT2D eigenvalue weighted by atomic mass is 16.6. The normalized spacial score (nSPS) is 12.1. The molecule has 0 N–H and O–H groups in total. The molecule has 0 fully saturated rings. The molecule has 0 aromatic carbocycles. The van der Waals surface area contributed by atoms with Gasteiger partial charge in [-0.05, 0) is 51.4 Å². The van der Waals surface area contributed by atoms with Gasteiger partial charge in [0.15, 0.2) is 6.10 Å². The lowest BCUT2D eigenvalue weighted by molar-refractivity contribution is -0.167. The summed E-state index contributed by atoms with van der Waals surface area (Å²) in [5.74, 6) is -0.835. The van der Waals surface area contributed by atoms with Crippen LogP contribution in [0.2, 0.25) is 0 Å². The third kappa shape index (κ3) is 68.7. The molecule has 0 heterocycles. The van der Waals surface area contributed by atoms with Gasteiger partial charge >= 0.3 is 17.9 Å². The average Bonchev–Trinajstić information content (AvgIpc) is 3.48. The van der Waals surface area contributed by atoms with Crippen LogP contribution in [0.3, 0.4) is 0 Å². The zero-order valence-electron chi connectivity index (χ0n) is 55.8. The summed E-state index contributed by atoms with van der Waals surface area (Å²) in [5, 5.41) is 0. The molecule has 1 atom stereocenters. The summed E-state index contributed by atoms with van der Waals surface area (Å²) in [4.78, 5) is 38.4. The predicted octanol–water partition coefficient (Wildman–Crippen LogP) is 25.7. The van der Waals surface area contributed by atoms with Crippen LogP contribution in [0.5, 0.6) is 0 Å². The maximum Gasteiger partial charge on any atom is 0.306 e. The molecule has 0 saturated carbocycles. The zero-order chi connectivity index (χ0) is 59.2. The molecule has 0 saturated heterocycles. The van der Waals surface area contributed by atoms with E-state index in [1.54, 1.807) is 0 Å². The fourth-order valence-corrected chi connectivity index (χ4v) is 11.6. The van der Waals surface area contributed by atoms with Crippen molar-refractivity contribution in [1.82, 2.24) is 0 Å². The number of allylic oxidation sites excluding steroid dienone is 4. The van der Waals surface area contributed by atoms with Crippen LogP contribution >= 0.6 is 0 Å². The fraction of sp³-hybridized carbons (Fsp3) is 0.908. The molecule has 0 spiro atoms. The molecular weight excluding hydrogens is 1010 g/mol. The molecule has 6 heteroatoms. The van der Waals surface area contributed by atoms with Crippen LogP contribution in [0.1, 0.15) is 425 Å². The highest BCUT2D eigenvalue weighted by molar-refractivity contribution is 5.71. The van der Waals surface area contributed by atoms with Crippen molar-refractivity contribution < 1.29 is 28.6 Å². The molecule has 0 aliphatic heterocycles. The van der Waals surface area contributed by atoms with Crippen molar-refractivity contribution in [3.05, 3.63) is 24.3 Å². The van der Waals surface area contributed by atoms with Gasteiger partial charge in [-0.3, -0.25) is 14.4 Å². The third-order valence-corrected chi connectivity index (χ3v) is 17.2. The van der Waals surface area contributed by atoms with E-state index in [0.717, 1.165) is 64.2 Å². The molecule has 0 aliphatic rings. The Balaban J connectivity index is 4.11. The van der Waals surface area contributed by atoms with E-state index in [4.69, 9.17) is 14.2 Å². The van der Waals surface area contributed by atoms with E-state index in [1.165, 1.54) is 321 Å². The van der Waals surface area contributed by atoms with Gasteiger partial charge in [0, 0.05) is 19.3 Å². The first-order valence-corrected chi connectivity index (χ1v) is 37.3. The van der Waals surface area contributed by atoms with Gasteiger partial charge in [-0.2, -0.15) is 0 Å². The van der Waals surface area contributed by atoms with Crippen LogP contribution in [-0.2, 0) is 28.6 Å². The number of hydrogen-bond acceptors (Lipinski definition) is 6. The van der Waals surface area contributed by atoms with Crippen LogP contribution in [0.25, 0.3) is 0 Å². The largest absolute Gasteiger partial charge is 0.462 e. The lowest BCUT2D eigenvalue weighted by Gasteiger charge is -2.18. The number of hydrogen-bond donors (Lipinski definition) is 0. The maximum atomic E-state index is 12.9. The minimum absolute atomic E-state index is 0.0653. The number of unbranched alkanes of at least 4 members (excludes halogenated alkanes) is 55. The van der Waals surface area contributed by atoms with E-state index >= 15 is 0 Å². The summed E-state index contributed by atoms with van der Waals surface area (Å²) in [7, 11) is 0. The second-order valence-corrected chi connectivity index (χ2v) is 25.6. The van der Waals surface area contributed by atoms with E-state index in [-0.39, 0.29) is 31.1 Å². The monoisotopic (exact) mass is 1150 g/mol. The maximum absolute atomic E-state index is 12.9. The number of carbonyl (C=O) groups is 3. The molecule has 0 radical (unpaired) electrons. The molecule has 0 aromatic rings. The van der Waals surface area contributed by atoms with Gasteiger partial charge in [0.1, 0.15) is 13.2 Å². The molecule has 82 heavy (non-hydrogen) atoms. The Bertz CT molecular complexity index is 1320. The van der Waals surface area contributed by atoms with Crippen LogP contribution in [0.4, 0.5) is 0 Å². The van der Waals surface area contributed by atoms with Crippen molar-refractivity contribution in [2.75, 3.05) is 13.2 Å². The second-order valence-electron chi connectivity index (χ2n) is 25.6. The van der Waals surface area contributed by atoms with E-state index < -0.39 is 6.10 Å². The van der Waals surface area contributed by atoms with Gasteiger partial charge in [-0.1, -0.05) is 379 Å². The quantitative estimate of drug-likeness (QED) is 0.0261. The van der Waals surface area contributed by atoms with Gasteiger partial charge in [-0.15, -0.1) is 0 Å². The smallest absolute Gasteiger partial charge is 0.306 e. The summed E-state index contributed by atoms with van der Waals surface area (Å²) in [6.07, 6.45) is 88.1. The Hall–Kier alpha value is -2.11. The lowest BCUT2D eigenvalue weighted by Crippen LogP contribution is -2.30. The molecule has 0 rings (SSSR count). The molecule has 0 bridgehead atoms. The van der Waals surface area contributed by atoms with Gasteiger partial charge < -0.3 is 14.2 Å². The third-order valence-electron chi connectivity index (χ3n) is 17.2. The Labute approximate surface area is 513 Å². The molecule has 1 unspecified atom stereocenters. The van der Waals surface area contributed by atoms with Gasteiger partial charge in [-0.25, -0.2) is 0 Å². The molecule has 0 aliphatic carbocycles. The first-order chi connectivity index (χ1) is 40.5. The lowest BCUT2D eigenvalue weighted by atomic mass is 10.0. The zero-order valence-corrected chi connectivity index (χ0v) is 55.8. The van der Waals surface area contributed by atoms with Crippen molar-refractivity contribution in [2.24, 2.45) is 0 Å². The van der Waals surface area contributed by atoms with Crippen LogP contribution in [-0.4, -0.2) is 37.2 Å². The topological polar surface area (TPSA) is 78.9 Å².